The second-order valence-corrected chi connectivity index (χ2v) is 12.3. The largest absolute Gasteiger partial charge is 0.309 e. The molecular weight excluding hydrogens is 553 g/mol. The van der Waals surface area contributed by atoms with Crippen LogP contribution in [-0.4, -0.2) is 9.55 Å². The summed E-state index contributed by atoms with van der Waals surface area (Å²) < 4.78 is 4.87. The van der Waals surface area contributed by atoms with Crippen molar-refractivity contribution in [2.24, 2.45) is 0 Å². The summed E-state index contributed by atoms with van der Waals surface area (Å²) in [7, 11) is 0. The van der Waals surface area contributed by atoms with E-state index in [9.17, 15) is 0 Å². The number of hydrogen-bond acceptors (Lipinski definition) is 2. The first kappa shape index (κ1) is 25.0. The molecular formula is C41H26N2S. The van der Waals surface area contributed by atoms with Gasteiger partial charge in [-0.3, -0.25) is 0 Å². The second kappa shape index (κ2) is 10.0. The Morgan fingerprint density at radius 2 is 1.05 bits per heavy atom. The molecule has 0 bridgehead atoms. The minimum atomic E-state index is 0.986. The summed E-state index contributed by atoms with van der Waals surface area (Å²) in [4.78, 5) is 5.29. The van der Waals surface area contributed by atoms with Crippen molar-refractivity contribution in [3.05, 3.63) is 158 Å². The van der Waals surface area contributed by atoms with Crippen LogP contribution in [-0.2, 0) is 0 Å². The fourth-order valence-electron chi connectivity index (χ4n) is 6.54. The van der Waals surface area contributed by atoms with E-state index in [-0.39, 0.29) is 0 Å². The Bertz CT molecular complexity index is 2450. The highest BCUT2D eigenvalue weighted by Crippen LogP contribution is 2.41. The summed E-state index contributed by atoms with van der Waals surface area (Å²) in [6.45, 7) is 0. The molecule has 0 amide bonds. The molecule has 3 heteroatoms. The summed E-state index contributed by atoms with van der Waals surface area (Å²) in [5.74, 6) is 0. The zero-order valence-electron chi connectivity index (χ0n) is 23.8. The van der Waals surface area contributed by atoms with Gasteiger partial charge in [0.1, 0.15) is 0 Å². The molecule has 0 aliphatic rings. The van der Waals surface area contributed by atoms with E-state index in [4.69, 9.17) is 4.98 Å². The van der Waals surface area contributed by atoms with Crippen molar-refractivity contribution in [3.63, 3.8) is 0 Å². The van der Waals surface area contributed by atoms with Gasteiger partial charge in [-0.25, -0.2) is 4.98 Å². The maximum absolute atomic E-state index is 5.29. The molecule has 206 valence electrons. The van der Waals surface area contributed by atoms with E-state index in [0.717, 1.165) is 22.5 Å². The van der Waals surface area contributed by atoms with Gasteiger partial charge in [-0.15, -0.1) is 11.3 Å². The lowest BCUT2D eigenvalue weighted by Crippen LogP contribution is -1.94. The Morgan fingerprint density at radius 1 is 0.455 bits per heavy atom. The smallest absolute Gasteiger partial charge is 0.0902 e. The standard InChI is InChI=1S/C41H26N2S/c1-2-12-27(13-3-1)35-26-36(42-40-34-20-6-9-23-39(34)44-41(35)40)30-16-10-14-28(24-30)29-15-11-17-31(25-29)43-37-21-7-4-18-32(37)33-19-5-8-22-38(33)43/h1-26H. The molecule has 0 atom stereocenters. The third-order valence-corrected chi connectivity index (χ3v) is 9.78. The fourth-order valence-corrected chi connectivity index (χ4v) is 7.72. The van der Waals surface area contributed by atoms with Crippen molar-refractivity contribution in [1.82, 2.24) is 9.55 Å². The number of hydrogen-bond donors (Lipinski definition) is 0. The van der Waals surface area contributed by atoms with Crippen molar-refractivity contribution < 1.29 is 0 Å². The van der Waals surface area contributed by atoms with Crippen molar-refractivity contribution >= 4 is 53.4 Å². The molecule has 0 spiro atoms. The molecule has 0 saturated heterocycles. The van der Waals surface area contributed by atoms with Crippen LogP contribution in [0.4, 0.5) is 0 Å². The first-order valence-electron chi connectivity index (χ1n) is 14.9. The van der Waals surface area contributed by atoms with Crippen LogP contribution in [0.3, 0.4) is 0 Å². The molecule has 44 heavy (non-hydrogen) atoms. The molecule has 0 aliphatic carbocycles. The lowest BCUT2D eigenvalue weighted by atomic mass is 9.98. The van der Waals surface area contributed by atoms with Gasteiger partial charge in [0, 0.05) is 37.7 Å². The molecule has 0 unspecified atom stereocenters. The Balaban J connectivity index is 1.20. The van der Waals surface area contributed by atoms with Gasteiger partial charge in [-0.2, -0.15) is 0 Å². The topological polar surface area (TPSA) is 17.8 Å². The van der Waals surface area contributed by atoms with Crippen LogP contribution in [0.2, 0.25) is 0 Å². The number of fused-ring (bicyclic) bond motifs is 6. The molecule has 0 radical (unpaired) electrons. The first-order valence-corrected chi connectivity index (χ1v) is 15.7. The van der Waals surface area contributed by atoms with Gasteiger partial charge >= 0.3 is 0 Å². The van der Waals surface area contributed by atoms with E-state index < -0.39 is 0 Å². The molecule has 6 aromatic carbocycles. The highest BCUT2D eigenvalue weighted by atomic mass is 32.1. The molecule has 3 heterocycles. The van der Waals surface area contributed by atoms with Crippen LogP contribution in [0.15, 0.2) is 158 Å². The number of para-hydroxylation sites is 2. The number of aromatic nitrogens is 2. The Labute approximate surface area is 259 Å². The van der Waals surface area contributed by atoms with Gasteiger partial charge in [0.05, 0.1) is 26.9 Å². The van der Waals surface area contributed by atoms with Crippen LogP contribution in [0.5, 0.6) is 0 Å². The maximum Gasteiger partial charge on any atom is 0.0902 e. The minimum absolute atomic E-state index is 0.986. The summed E-state index contributed by atoms with van der Waals surface area (Å²) in [5.41, 5.74) is 11.5. The first-order chi connectivity index (χ1) is 21.8. The molecule has 0 fully saturated rings. The number of benzene rings is 6. The van der Waals surface area contributed by atoms with E-state index in [1.165, 1.54) is 58.8 Å². The summed E-state index contributed by atoms with van der Waals surface area (Å²) in [6, 6.07) is 56.6. The van der Waals surface area contributed by atoms with Gasteiger partial charge in [0.15, 0.2) is 0 Å². The predicted molar refractivity (Wildman–Crippen MR) is 188 cm³/mol. The normalized spacial score (nSPS) is 11.6. The molecule has 0 aliphatic heterocycles. The summed E-state index contributed by atoms with van der Waals surface area (Å²) >= 11 is 1.82. The SMILES string of the molecule is c1ccc(-c2cc(-c3cccc(-c4cccc(-n5c6ccccc6c6ccccc65)c4)c3)nc3c2sc2ccccc23)cc1. The van der Waals surface area contributed by atoms with Gasteiger partial charge in [0.25, 0.3) is 0 Å². The van der Waals surface area contributed by atoms with Gasteiger partial charge in [-0.05, 0) is 59.2 Å². The van der Waals surface area contributed by atoms with E-state index in [2.05, 4.69) is 162 Å². The van der Waals surface area contributed by atoms with Crippen molar-refractivity contribution in [2.75, 3.05) is 0 Å². The monoisotopic (exact) mass is 578 g/mol. The van der Waals surface area contributed by atoms with Gasteiger partial charge in [0.2, 0.25) is 0 Å². The van der Waals surface area contributed by atoms with E-state index in [0.29, 0.717) is 0 Å². The van der Waals surface area contributed by atoms with Gasteiger partial charge in [-0.1, -0.05) is 115 Å². The Morgan fingerprint density at radius 3 is 1.82 bits per heavy atom. The predicted octanol–water partition coefficient (Wildman–Crippen LogP) is 11.5. The average molecular weight is 579 g/mol. The van der Waals surface area contributed by atoms with Crippen LogP contribution < -0.4 is 0 Å². The number of pyridine rings is 1. The van der Waals surface area contributed by atoms with Crippen molar-refractivity contribution in [3.8, 4) is 39.2 Å². The highest BCUT2D eigenvalue weighted by Gasteiger charge is 2.16. The third-order valence-electron chi connectivity index (χ3n) is 8.59. The molecule has 9 aromatic rings. The third kappa shape index (κ3) is 3.98. The molecule has 2 nitrogen and oxygen atoms in total. The summed E-state index contributed by atoms with van der Waals surface area (Å²) in [6.07, 6.45) is 0. The second-order valence-electron chi connectivity index (χ2n) is 11.2. The Kier molecular flexibility index (Phi) is 5.71. The molecule has 9 rings (SSSR count). The zero-order valence-corrected chi connectivity index (χ0v) is 24.6. The van der Waals surface area contributed by atoms with Crippen LogP contribution in [0.25, 0.3) is 81.3 Å². The van der Waals surface area contributed by atoms with Crippen molar-refractivity contribution in [2.45, 2.75) is 0 Å². The molecule has 0 N–H and O–H groups in total. The molecule has 0 saturated carbocycles. The quantitative estimate of drug-likeness (QED) is 0.203. The van der Waals surface area contributed by atoms with Crippen LogP contribution in [0, 0.1) is 0 Å². The van der Waals surface area contributed by atoms with Gasteiger partial charge < -0.3 is 4.57 Å². The van der Waals surface area contributed by atoms with E-state index >= 15 is 0 Å². The fraction of sp³-hybridized carbons (Fsp3) is 0. The van der Waals surface area contributed by atoms with E-state index in [1.54, 1.807) is 0 Å². The lowest BCUT2D eigenvalue weighted by Gasteiger charge is -2.12. The van der Waals surface area contributed by atoms with Crippen LogP contribution >= 0.6 is 11.3 Å². The molecule has 3 aromatic heterocycles. The zero-order chi connectivity index (χ0) is 29.0. The number of thiophene rings is 1. The highest BCUT2D eigenvalue weighted by molar-refractivity contribution is 7.26. The minimum Gasteiger partial charge on any atom is -0.309 e. The number of rotatable bonds is 4. The summed E-state index contributed by atoms with van der Waals surface area (Å²) in [5, 5.41) is 3.75. The van der Waals surface area contributed by atoms with E-state index in [1.807, 2.05) is 11.3 Å². The number of nitrogens with zero attached hydrogens (tertiary/aromatic N) is 2. The van der Waals surface area contributed by atoms with Crippen molar-refractivity contribution in [1.29, 1.82) is 0 Å². The maximum atomic E-state index is 5.29. The average Bonchev–Trinajstić information content (AvgIpc) is 3.64. The lowest BCUT2D eigenvalue weighted by molar-refractivity contribution is 1.18. The van der Waals surface area contributed by atoms with Crippen LogP contribution in [0.1, 0.15) is 0 Å². The Hall–Kier alpha value is -5.51.